The predicted molar refractivity (Wildman–Crippen MR) is 108 cm³/mol. The van der Waals surface area contributed by atoms with Gasteiger partial charge in [-0.2, -0.15) is 0 Å². The lowest BCUT2D eigenvalue weighted by Gasteiger charge is -2.09. The Morgan fingerprint density at radius 2 is 1.78 bits per heavy atom. The van der Waals surface area contributed by atoms with E-state index in [2.05, 4.69) is 24.0 Å². The first kappa shape index (κ1) is 15.5. The summed E-state index contributed by atoms with van der Waals surface area (Å²) in [5.74, 6) is 0. The molecule has 0 fully saturated rings. The summed E-state index contributed by atoms with van der Waals surface area (Å²) in [6.07, 6.45) is 0. The van der Waals surface area contributed by atoms with Crippen LogP contribution in [-0.2, 0) is 0 Å². The largest absolute Gasteiger partial charge is 0.339 e. The molecule has 0 aliphatic carbocycles. The number of benzene rings is 3. The lowest BCUT2D eigenvalue weighted by molar-refractivity contribution is -0.384. The van der Waals surface area contributed by atoms with Crippen molar-refractivity contribution in [3.8, 4) is 11.1 Å². The predicted octanol–water partition coefficient (Wildman–Crippen LogP) is 5.75. The number of H-pyrrole nitrogens is 1. The zero-order valence-electron chi connectivity index (χ0n) is 14.6. The van der Waals surface area contributed by atoms with Gasteiger partial charge in [-0.1, -0.05) is 42.0 Å². The molecule has 0 bridgehead atoms. The zero-order chi connectivity index (χ0) is 18.5. The molecular weight excluding hydrogens is 338 g/mol. The Morgan fingerprint density at radius 1 is 0.963 bits per heavy atom. The zero-order valence-corrected chi connectivity index (χ0v) is 14.6. The van der Waals surface area contributed by atoms with Crippen LogP contribution in [0.15, 0.2) is 66.7 Å². The Kier molecular flexibility index (Phi) is 3.24. The lowest BCUT2D eigenvalue weighted by Crippen LogP contribution is -1.91. The van der Waals surface area contributed by atoms with E-state index >= 15 is 0 Å². The molecule has 0 unspecified atom stereocenters. The molecule has 0 saturated carbocycles. The van der Waals surface area contributed by atoms with Crippen molar-refractivity contribution in [1.29, 1.82) is 0 Å². The van der Waals surface area contributed by atoms with Crippen molar-refractivity contribution >= 4 is 38.5 Å². The van der Waals surface area contributed by atoms with Gasteiger partial charge in [0.05, 0.1) is 10.4 Å². The number of pyridine rings is 1. The van der Waals surface area contributed by atoms with Crippen molar-refractivity contribution in [2.75, 3.05) is 0 Å². The standard InChI is InChI=1S/C22H15N3O2/c1-13-7-9-18-16(11-13)21-20(14-5-3-2-4-6-14)17-12-15(25(26)27)8-10-19(17)24-22(21)23-18/h2-12H,1H3,(H,23,24). The highest BCUT2D eigenvalue weighted by atomic mass is 16.6. The van der Waals surface area contributed by atoms with Crippen molar-refractivity contribution in [3.05, 3.63) is 82.4 Å². The normalized spacial score (nSPS) is 11.4. The maximum Gasteiger partial charge on any atom is 0.270 e. The Bertz CT molecular complexity index is 1350. The third-order valence-corrected chi connectivity index (χ3v) is 4.94. The van der Waals surface area contributed by atoms with Crippen LogP contribution in [0, 0.1) is 17.0 Å². The Balaban J connectivity index is 2.04. The fourth-order valence-electron chi connectivity index (χ4n) is 3.72. The fraction of sp³-hybridized carbons (Fsp3) is 0.0455. The molecule has 0 aliphatic heterocycles. The molecule has 5 nitrogen and oxygen atoms in total. The van der Waals surface area contributed by atoms with Crippen LogP contribution in [0.5, 0.6) is 0 Å². The second-order valence-electron chi connectivity index (χ2n) is 6.71. The molecule has 0 aliphatic rings. The molecule has 0 saturated heterocycles. The van der Waals surface area contributed by atoms with Gasteiger partial charge in [0.15, 0.2) is 0 Å². The van der Waals surface area contributed by atoms with E-state index in [1.807, 2.05) is 36.4 Å². The minimum Gasteiger partial charge on any atom is -0.339 e. The highest BCUT2D eigenvalue weighted by molar-refractivity contribution is 6.20. The third-order valence-electron chi connectivity index (χ3n) is 4.94. The number of aromatic nitrogens is 2. The van der Waals surface area contributed by atoms with Crippen LogP contribution in [0.25, 0.3) is 44.0 Å². The average Bonchev–Trinajstić information content (AvgIpc) is 3.03. The third kappa shape index (κ3) is 2.36. The molecule has 0 radical (unpaired) electrons. The quantitative estimate of drug-likeness (QED) is 0.324. The van der Waals surface area contributed by atoms with Crippen molar-refractivity contribution in [3.63, 3.8) is 0 Å². The van der Waals surface area contributed by atoms with Crippen LogP contribution in [-0.4, -0.2) is 14.9 Å². The van der Waals surface area contributed by atoms with E-state index in [4.69, 9.17) is 4.98 Å². The molecule has 27 heavy (non-hydrogen) atoms. The Labute approximate surface area is 154 Å². The SMILES string of the molecule is Cc1ccc2[nH]c3nc4ccc([N+](=O)[O-])cc4c(-c4ccccc4)c3c2c1. The van der Waals surface area contributed by atoms with Gasteiger partial charge in [0, 0.05) is 39.4 Å². The van der Waals surface area contributed by atoms with Gasteiger partial charge in [-0.25, -0.2) is 4.98 Å². The summed E-state index contributed by atoms with van der Waals surface area (Å²) < 4.78 is 0. The number of nitro groups is 1. The summed E-state index contributed by atoms with van der Waals surface area (Å²) in [4.78, 5) is 19.1. The monoisotopic (exact) mass is 353 g/mol. The molecule has 3 aromatic carbocycles. The van der Waals surface area contributed by atoms with Crippen molar-refractivity contribution in [2.24, 2.45) is 0 Å². The van der Waals surface area contributed by atoms with Crippen molar-refractivity contribution < 1.29 is 4.92 Å². The molecule has 1 N–H and O–H groups in total. The van der Waals surface area contributed by atoms with Gasteiger partial charge >= 0.3 is 0 Å². The van der Waals surface area contributed by atoms with E-state index in [1.54, 1.807) is 12.1 Å². The summed E-state index contributed by atoms with van der Waals surface area (Å²) in [6, 6.07) is 21.1. The number of hydrogen-bond acceptors (Lipinski definition) is 3. The number of nitro benzene ring substituents is 1. The highest BCUT2D eigenvalue weighted by Gasteiger charge is 2.18. The highest BCUT2D eigenvalue weighted by Crippen LogP contribution is 2.39. The number of rotatable bonds is 2. The van der Waals surface area contributed by atoms with Crippen LogP contribution in [0.4, 0.5) is 5.69 Å². The van der Waals surface area contributed by atoms with E-state index in [0.29, 0.717) is 0 Å². The topological polar surface area (TPSA) is 71.8 Å². The van der Waals surface area contributed by atoms with Crippen molar-refractivity contribution in [1.82, 2.24) is 9.97 Å². The van der Waals surface area contributed by atoms with Crippen LogP contribution in [0.2, 0.25) is 0 Å². The van der Waals surface area contributed by atoms with Gasteiger partial charge in [0.25, 0.3) is 5.69 Å². The van der Waals surface area contributed by atoms with Gasteiger partial charge in [-0.3, -0.25) is 10.1 Å². The van der Waals surface area contributed by atoms with E-state index in [1.165, 1.54) is 6.07 Å². The molecule has 5 heteroatoms. The number of aromatic amines is 1. The lowest BCUT2D eigenvalue weighted by atomic mass is 9.96. The van der Waals surface area contributed by atoms with Gasteiger partial charge in [0.1, 0.15) is 5.65 Å². The second kappa shape index (κ2) is 5.64. The maximum absolute atomic E-state index is 11.3. The summed E-state index contributed by atoms with van der Waals surface area (Å²) in [5, 5.41) is 14.2. The summed E-state index contributed by atoms with van der Waals surface area (Å²) in [6.45, 7) is 2.06. The Hall–Kier alpha value is -3.73. The molecule has 0 amide bonds. The molecule has 0 spiro atoms. The van der Waals surface area contributed by atoms with E-state index in [9.17, 15) is 10.1 Å². The molecule has 2 aromatic heterocycles. The van der Waals surface area contributed by atoms with Gasteiger partial charge in [0.2, 0.25) is 0 Å². The minimum atomic E-state index is -0.363. The molecule has 0 atom stereocenters. The number of fused-ring (bicyclic) bond motifs is 4. The second-order valence-corrected chi connectivity index (χ2v) is 6.71. The number of hydrogen-bond donors (Lipinski definition) is 1. The fourth-order valence-corrected chi connectivity index (χ4v) is 3.72. The number of non-ortho nitro benzene ring substituents is 1. The Morgan fingerprint density at radius 3 is 2.56 bits per heavy atom. The summed E-state index contributed by atoms with van der Waals surface area (Å²) >= 11 is 0. The molecule has 2 heterocycles. The first-order chi connectivity index (χ1) is 13.1. The molecular formula is C22H15N3O2. The average molecular weight is 353 g/mol. The maximum atomic E-state index is 11.3. The van der Waals surface area contributed by atoms with Crippen LogP contribution in [0.3, 0.4) is 0 Å². The molecule has 130 valence electrons. The van der Waals surface area contributed by atoms with Crippen LogP contribution < -0.4 is 0 Å². The summed E-state index contributed by atoms with van der Waals surface area (Å²) in [5.41, 5.74) is 5.73. The molecule has 5 aromatic rings. The molecule has 5 rings (SSSR count). The van der Waals surface area contributed by atoms with E-state index < -0.39 is 0 Å². The first-order valence-corrected chi connectivity index (χ1v) is 8.67. The number of nitrogens with one attached hydrogen (secondary N) is 1. The van der Waals surface area contributed by atoms with Gasteiger partial charge < -0.3 is 4.98 Å². The number of aryl methyl sites for hydroxylation is 1. The minimum absolute atomic E-state index is 0.0665. The van der Waals surface area contributed by atoms with Crippen molar-refractivity contribution in [2.45, 2.75) is 6.92 Å². The van der Waals surface area contributed by atoms with Crippen LogP contribution in [0.1, 0.15) is 5.56 Å². The van der Waals surface area contributed by atoms with Gasteiger partial charge in [-0.05, 0) is 30.7 Å². The van der Waals surface area contributed by atoms with Crippen LogP contribution >= 0.6 is 0 Å². The smallest absolute Gasteiger partial charge is 0.270 e. The first-order valence-electron chi connectivity index (χ1n) is 8.67. The van der Waals surface area contributed by atoms with E-state index in [0.717, 1.165) is 49.5 Å². The summed E-state index contributed by atoms with van der Waals surface area (Å²) in [7, 11) is 0. The van der Waals surface area contributed by atoms with Gasteiger partial charge in [-0.15, -0.1) is 0 Å². The number of nitrogens with zero attached hydrogens (tertiary/aromatic N) is 2. The van der Waals surface area contributed by atoms with E-state index in [-0.39, 0.29) is 10.6 Å².